The molecule has 2 N–H and O–H groups in total. The Morgan fingerprint density at radius 1 is 1.12 bits per heavy atom. The molecule has 0 bridgehead atoms. The molecule has 3 aromatic rings. The number of amides is 1. The Kier molecular flexibility index (Phi) is 8.31. The number of aromatic nitrogens is 2. The van der Waals surface area contributed by atoms with Crippen LogP contribution in [0.25, 0.3) is 11.5 Å². The first-order valence-electron chi connectivity index (χ1n) is 10.7. The van der Waals surface area contributed by atoms with Gasteiger partial charge in [-0.2, -0.15) is 0 Å². The summed E-state index contributed by atoms with van der Waals surface area (Å²) in [5.74, 6) is -2.22. The van der Waals surface area contributed by atoms with Crippen LogP contribution in [-0.2, 0) is 0 Å². The van der Waals surface area contributed by atoms with E-state index in [4.69, 9.17) is 9.15 Å². The van der Waals surface area contributed by atoms with Gasteiger partial charge >= 0.3 is 6.01 Å². The van der Waals surface area contributed by atoms with Crippen LogP contribution in [0, 0.1) is 11.6 Å². The summed E-state index contributed by atoms with van der Waals surface area (Å²) in [4.78, 5) is 14.7. The van der Waals surface area contributed by atoms with Crippen molar-refractivity contribution >= 4 is 17.6 Å². The molecule has 0 atom stereocenters. The van der Waals surface area contributed by atoms with Crippen molar-refractivity contribution in [1.82, 2.24) is 15.1 Å². The molecule has 1 aromatic heterocycles. The first-order chi connectivity index (χ1) is 16.0. The predicted octanol–water partition coefficient (Wildman–Crippen LogP) is 4.42. The Bertz CT molecular complexity index is 1070. The monoisotopic (exact) mass is 459 g/mol. The van der Waals surface area contributed by atoms with Crippen molar-refractivity contribution in [1.29, 1.82) is 0 Å². The highest BCUT2D eigenvalue weighted by atomic mass is 19.1. The number of carbonyl (C=O) groups is 1. The molecule has 1 amide bonds. The number of methoxy groups -OCH3 is 1. The minimum atomic E-state index is -0.945. The molecule has 0 saturated carbocycles. The van der Waals surface area contributed by atoms with E-state index in [1.165, 1.54) is 19.2 Å². The average molecular weight is 459 g/mol. The number of nitrogens with zero attached hydrogens (tertiary/aromatic N) is 3. The summed E-state index contributed by atoms with van der Waals surface area (Å²) in [7, 11) is 1.45. The summed E-state index contributed by atoms with van der Waals surface area (Å²) in [6, 6.07) is 8.20. The Balaban J connectivity index is 1.67. The van der Waals surface area contributed by atoms with E-state index in [0.717, 1.165) is 38.2 Å². The summed E-state index contributed by atoms with van der Waals surface area (Å²) >= 11 is 0. The maximum atomic E-state index is 13.9. The molecular formula is C23H27F2N5O3. The second kappa shape index (κ2) is 11.4. The maximum Gasteiger partial charge on any atom is 0.315 e. The van der Waals surface area contributed by atoms with Gasteiger partial charge in [-0.1, -0.05) is 25.0 Å². The lowest BCUT2D eigenvalue weighted by atomic mass is 10.1. The van der Waals surface area contributed by atoms with Crippen LogP contribution in [0.3, 0.4) is 0 Å². The molecule has 0 radical (unpaired) electrons. The number of benzene rings is 2. The molecule has 0 aliphatic carbocycles. The van der Waals surface area contributed by atoms with E-state index in [9.17, 15) is 13.6 Å². The third kappa shape index (κ3) is 6.04. The quantitative estimate of drug-likeness (QED) is 0.410. The molecule has 8 nitrogen and oxygen atoms in total. The van der Waals surface area contributed by atoms with Gasteiger partial charge in [0.2, 0.25) is 0 Å². The van der Waals surface area contributed by atoms with Gasteiger partial charge in [0.1, 0.15) is 22.9 Å². The zero-order chi connectivity index (χ0) is 23.8. The van der Waals surface area contributed by atoms with E-state index in [2.05, 4.69) is 39.6 Å². The number of hydrogen-bond donors (Lipinski definition) is 2. The molecule has 176 valence electrons. The van der Waals surface area contributed by atoms with Gasteiger partial charge in [-0.05, 0) is 50.3 Å². The van der Waals surface area contributed by atoms with Crippen LogP contribution >= 0.6 is 0 Å². The van der Waals surface area contributed by atoms with Crippen LogP contribution in [0.4, 0.5) is 20.5 Å². The molecule has 0 spiro atoms. The number of rotatable bonds is 11. The lowest BCUT2D eigenvalue weighted by Gasteiger charge is -2.17. The van der Waals surface area contributed by atoms with Gasteiger partial charge in [0.25, 0.3) is 11.8 Å². The molecule has 33 heavy (non-hydrogen) atoms. The number of halogens is 2. The summed E-state index contributed by atoms with van der Waals surface area (Å²) < 4.78 is 38.8. The van der Waals surface area contributed by atoms with Crippen molar-refractivity contribution in [2.24, 2.45) is 0 Å². The van der Waals surface area contributed by atoms with E-state index in [-0.39, 0.29) is 11.6 Å². The highest BCUT2D eigenvalue weighted by Crippen LogP contribution is 2.32. The molecule has 0 saturated heterocycles. The van der Waals surface area contributed by atoms with Crippen molar-refractivity contribution in [3.8, 4) is 17.2 Å². The molecule has 0 aliphatic rings. The maximum absolute atomic E-state index is 13.9. The van der Waals surface area contributed by atoms with Crippen molar-refractivity contribution in [2.45, 2.75) is 20.3 Å². The van der Waals surface area contributed by atoms with Crippen molar-refractivity contribution in [3.05, 3.63) is 53.6 Å². The van der Waals surface area contributed by atoms with Crippen LogP contribution in [0.2, 0.25) is 0 Å². The standard InChI is InChI=1S/C23H27F2N5O3/c1-4-30(5-2)13-7-12-26-23-29-28-22(33-23)16-11-10-15(14-19(16)32-3)27-21(31)20-17(24)8-6-9-18(20)25/h6,8-11,14H,4-5,7,12-13H2,1-3H3,(H,26,29)(H,27,31). The van der Waals surface area contributed by atoms with Crippen molar-refractivity contribution < 1.29 is 22.7 Å². The van der Waals surface area contributed by atoms with Gasteiger partial charge in [0.15, 0.2) is 0 Å². The fourth-order valence-electron chi connectivity index (χ4n) is 3.30. The highest BCUT2D eigenvalue weighted by Gasteiger charge is 2.19. The molecule has 10 heteroatoms. The van der Waals surface area contributed by atoms with E-state index >= 15 is 0 Å². The third-order valence-electron chi connectivity index (χ3n) is 5.13. The molecular weight excluding hydrogens is 432 g/mol. The van der Waals surface area contributed by atoms with Crippen LogP contribution in [0.15, 0.2) is 40.8 Å². The van der Waals surface area contributed by atoms with Crippen LogP contribution in [0.5, 0.6) is 5.75 Å². The summed E-state index contributed by atoms with van der Waals surface area (Å²) in [5.41, 5.74) is 0.142. The molecule has 0 aliphatic heterocycles. The zero-order valence-corrected chi connectivity index (χ0v) is 18.8. The molecule has 3 rings (SSSR count). The molecule has 0 unspecified atom stereocenters. The van der Waals surface area contributed by atoms with Crippen LogP contribution in [-0.4, -0.2) is 54.3 Å². The smallest absolute Gasteiger partial charge is 0.315 e. The SMILES string of the molecule is CCN(CC)CCCNc1nnc(-c2ccc(NC(=O)c3c(F)cccc3F)cc2OC)o1. The number of anilines is 2. The first-order valence-corrected chi connectivity index (χ1v) is 10.7. The molecule has 0 fully saturated rings. The largest absolute Gasteiger partial charge is 0.496 e. The lowest BCUT2D eigenvalue weighted by molar-refractivity contribution is 0.101. The third-order valence-corrected chi connectivity index (χ3v) is 5.13. The summed E-state index contributed by atoms with van der Waals surface area (Å²) in [6.45, 7) is 7.93. The van der Waals surface area contributed by atoms with Gasteiger partial charge in [-0.15, -0.1) is 5.10 Å². The number of hydrogen-bond acceptors (Lipinski definition) is 7. The van der Waals surface area contributed by atoms with Crippen molar-refractivity contribution in [2.75, 3.05) is 43.9 Å². The topological polar surface area (TPSA) is 92.5 Å². The summed E-state index contributed by atoms with van der Waals surface area (Å²) in [5, 5.41) is 13.6. The summed E-state index contributed by atoms with van der Waals surface area (Å²) in [6.07, 6.45) is 0.930. The Morgan fingerprint density at radius 3 is 2.52 bits per heavy atom. The van der Waals surface area contributed by atoms with E-state index in [0.29, 0.717) is 23.9 Å². The Morgan fingerprint density at radius 2 is 1.85 bits per heavy atom. The van der Waals surface area contributed by atoms with Gasteiger partial charge in [0.05, 0.1) is 12.7 Å². The fraction of sp³-hybridized carbons (Fsp3) is 0.348. The molecule has 1 heterocycles. The first kappa shape index (κ1) is 24.1. The second-order valence-electron chi connectivity index (χ2n) is 7.19. The van der Waals surface area contributed by atoms with Crippen LogP contribution in [0.1, 0.15) is 30.6 Å². The lowest BCUT2D eigenvalue weighted by Crippen LogP contribution is -2.25. The molecule has 2 aromatic carbocycles. The Labute approximate surface area is 190 Å². The number of ether oxygens (including phenoxy) is 1. The van der Waals surface area contributed by atoms with Gasteiger partial charge in [-0.25, -0.2) is 8.78 Å². The van der Waals surface area contributed by atoms with Crippen LogP contribution < -0.4 is 15.4 Å². The average Bonchev–Trinajstić information content (AvgIpc) is 3.27. The minimum absolute atomic E-state index is 0.233. The number of nitrogens with one attached hydrogen (secondary N) is 2. The number of carbonyl (C=O) groups excluding carboxylic acids is 1. The van der Waals surface area contributed by atoms with E-state index < -0.39 is 23.1 Å². The fourth-order valence-corrected chi connectivity index (χ4v) is 3.30. The van der Waals surface area contributed by atoms with Gasteiger partial charge in [-0.3, -0.25) is 4.79 Å². The van der Waals surface area contributed by atoms with Gasteiger partial charge < -0.3 is 24.7 Å². The Hall–Kier alpha value is -3.53. The predicted molar refractivity (Wildman–Crippen MR) is 121 cm³/mol. The van der Waals surface area contributed by atoms with Crippen molar-refractivity contribution in [3.63, 3.8) is 0 Å². The van der Waals surface area contributed by atoms with Gasteiger partial charge in [0, 0.05) is 18.3 Å². The highest BCUT2D eigenvalue weighted by molar-refractivity contribution is 6.04. The van der Waals surface area contributed by atoms with E-state index in [1.54, 1.807) is 12.1 Å². The zero-order valence-electron chi connectivity index (χ0n) is 18.8. The van der Waals surface area contributed by atoms with E-state index in [1.807, 2.05) is 0 Å². The minimum Gasteiger partial charge on any atom is -0.496 e. The second-order valence-corrected chi connectivity index (χ2v) is 7.19. The normalized spacial score (nSPS) is 11.0.